The van der Waals surface area contributed by atoms with Crippen LogP contribution in [0.3, 0.4) is 0 Å². The van der Waals surface area contributed by atoms with Gasteiger partial charge in [-0.15, -0.1) is 0 Å². The van der Waals surface area contributed by atoms with Crippen molar-refractivity contribution < 1.29 is 28.6 Å². The lowest BCUT2D eigenvalue weighted by molar-refractivity contribution is -0.153. The Morgan fingerprint density at radius 1 is 1.41 bits per heavy atom. The summed E-state index contributed by atoms with van der Waals surface area (Å²) in [6, 6.07) is 0. The first-order valence-electron chi connectivity index (χ1n) is 7.67. The van der Waals surface area contributed by atoms with Crippen molar-refractivity contribution >= 4 is 17.7 Å². The van der Waals surface area contributed by atoms with E-state index < -0.39 is 11.5 Å². The van der Waals surface area contributed by atoms with Gasteiger partial charge in [0.25, 0.3) is 0 Å². The molecule has 3 saturated heterocycles. The zero-order valence-corrected chi connectivity index (χ0v) is 12.7. The number of hydrogen-bond acceptors (Lipinski definition) is 7. The molecule has 0 spiro atoms. The molecule has 0 aliphatic carbocycles. The molecule has 6 unspecified atom stereocenters. The van der Waals surface area contributed by atoms with E-state index in [0.717, 1.165) is 0 Å². The first-order valence-corrected chi connectivity index (χ1v) is 7.67. The molecule has 0 aromatic rings. The average Bonchev–Trinajstić information content (AvgIpc) is 3.09. The van der Waals surface area contributed by atoms with Crippen LogP contribution in [0, 0.1) is 11.8 Å². The molecular formula is C15H21NO6. The standard InChI is InChI=1S/C15H21NO6/c1-3-15(2,16)14(19)20-6-7(17)4-8-10-5-9-12(21-10)11(8)22-13(9)18/h8-12H,3-6,16H2,1-2H3. The summed E-state index contributed by atoms with van der Waals surface area (Å²) >= 11 is 0. The number of carbonyl (C=O) groups excluding carboxylic acids is 3. The number of ketones is 1. The van der Waals surface area contributed by atoms with E-state index in [9.17, 15) is 14.4 Å². The van der Waals surface area contributed by atoms with Gasteiger partial charge in [0.1, 0.15) is 24.4 Å². The lowest BCUT2D eigenvalue weighted by Gasteiger charge is -2.22. The largest absolute Gasteiger partial charge is 0.459 e. The van der Waals surface area contributed by atoms with Gasteiger partial charge in [-0.3, -0.25) is 14.4 Å². The van der Waals surface area contributed by atoms with E-state index >= 15 is 0 Å². The second-order valence-electron chi connectivity index (χ2n) is 6.64. The van der Waals surface area contributed by atoms with E-state index in [1.54, 1.807) is 13.8 Å². The zero-order valence-electron chi connectivity index (χ0n) is 12.7. The van der Waals surface area contributed by atoms with Crippen molar-refractivity contribution in [3.63, 3.8) is 0 Å². The van der Waals surface area contributed by atoms with Crippen LogP contribution < -0.4 is 5.73 Å². The highest BCUT2D eigenvalue weighted by atomic mass is 16.6. The van der Waals surface area contributed by atoms with Crippen LogP contribution in [0.2, 0.25) is 0 Å². The molecule has 0 aromatic carbocycles. The molecular weight excluding hydrogens is 290 g/mol. The van der Waals surface area contributed by atoms with Crippen molar-refractivity contribution in [2.24, 2.45) is 17.6 Å². The van der Waals surface area contributed by atoms with E-state index in [1.165, 1.54) is 0 Å². The highest BCUT2D eigenvalue weighted by Crippen LogP contribution is 2.50. The summed E-state index contributed by atoms with van der Waals surface area (Å²) in [6.45, 7) is 3.05. The second-order valence-corrected chi connectivity index (χ2v) is 6.64. The molecule has 2 bridgehead atoms. The Hall–Kier alpha value is -1.47. The first-order chi connectivity index (χ1) is 10.3. The Morgan fingerprint density at radius 3 is 2.82 bits per heavy atom. The topological polar surface area (TPSA) is 105 Å². The minimum atomic E-state index is -1.08. The zero-order chi connectivity index (χ0) is 16.1. The summed E-state index contributed by atoms with van der Waals surface area (Å²) < 4.78 is 16.0. The molecule has 3 heterocycles. The maximum absolute atomic E-state index is 12.0. The molecule has 0 amide bonds. The predicted molar refractivity (Wildman–Crippen MR) is 73.6 cm³/mol. The number of carbonyl (C=O) groups is 3. The van der Waals surface area contributed by atoms with Crippen LogP contribution in [0.5, 0.6) is 0 Å². The maximum Gasteiger partial charge on any atom is 0.326 e. The van der Waals surface area contributed by atoms with Crippen molar-refractivity contribution in [3.05, 3.63) is 0 Å². The highest BCUT2D eigenvalue weighted by molar-refractivity contribution is 5.86. The third-order valence-corrected chi connectivity index (χ3v) is 5.02. The van der Waals surface area contributed by atoms with Crippen molar-refractivity contribution in [2.75, 3.05) is 6.61 Å². The van der Waals surface area contributed by atoms with Crippen LogP contribution in [0.25, 0.3) is 0 Å². The lowest BCUT2D eigenvalue weighted by atomic mass is 9.80. The fraction of sp³-hybridized carbons (Fsp3) is 0.800. The molecule has 3 aliphatic heterocycles. The molecule has 0 radical (unpaired) electrons. The molecule has 3 fully saturated rings. The third-order valence-electron chi connectivity index (χ3n) is 5.02. The summed E-state index contributed by atoms with van der Waals surface area (Å²) in [7, 11) is 0. The molecule has 0 saturated carbocycles. The Kier molecular flexibility index (Phi) is 3.72. The molecule has 6 atom stereocenters. The lowest BCUT2D eigenvalue weighted by Crippen LogP contribution is -2.46. The van der Waals surface area contributed by atoms with Crippen LogP contribution in [0.4, 0.5) is 0 Å². The van der Waals surface area contributed by atoms with Crippen molar-refractivity contribution in [3.8, 4) is 0 Å². The second kappa shape index (κ2) is 5.31. The molecule has 122 valence electrons. The van der Waals surface area contributed by atoms with Crippen molar-refractivity contribution in [2.45, 2.75) is 57.0 Å². The first kappa shape index (κ1) is 15.4. The van der Waals surface area contributed by atoms with Gasteiger partial charge in [-0.25, -0.2) is 0 Å². The minimum absolute atomic E-state index is 0.110. The number of nitrogens with two attached hydrogens (primary N) is 1. The smallest absolute Gasteiger partial charge is 0.326 e. The molecule has 7 heteroatoms. The van der Waals surface area contributed by atoms with E-state index in [0.29, 0.717) is 12.8 Å². The number of fused-ring (bicyclic) bond motifs is 1. The van der Waals surface area contributed by atoms with Gasteiger partial charge < -0.3 is 19.9 Å². The molecule has 7 nitrogen and oxygen atoms in total. The van der Waals surface area contributed by atoms with Gasteiger partial charge in [0.2, 0.25) is 0 Å². The molecule has 3 aliphatic rings. The van der Waals surface area contributed by atoms with Gasteiger partial charge in [0, 0.05) is 12.3 Å². The fourth-order valence-corrected chi connectivity index (χ4v) is 3.40. The number of esters is 2. The molecule has 22 heavy (non-hydrogen) atoms. The predicted octanol–water partition coefficient (Wildman–Crippen LogP) is -0.0549. The van der Waals surface area contributed by atoms with E-state index in [2.05, 4.69) is 0 Å². The van der Waals surface area contributed by atoms with Crippen molar-refractivity contribution in [1.29, 1.82) is 0 Å². The van der Waals surface area contributed by atoms with Crippen LogP contribution in [-0.4, -0.2) is 48.2 Å². The van der Waals surface area contributed by atoms with E-state index in [1.807, 2.05) is 0 Å². The van der Waals surface area contributed by atoms with Gasteiger partial charge in [-0.1, -0.05) is 6.92 Å². The number of Topliss-reactive ketones (excluding diaryl/α,β-unsaturated/α-hetero) is 1. The van der Waals surface area contributed by atoms with Gasteiger partial charge in [0.15, 0.2) is 5.78 Å². The van der Waals surface area contributed by atoms with E-state index in [-0.39, 0.29) is 54.9 Å². The van der Waals surface area contributed by atoms with Crippen LogP contribution >= 0.6 is 0 Å². The average molecular weight is 311 g/mol. The quantitative estimate of drug-likeness (QED) is 0.685. The van der Waals surface area contributed by atoms with Crippen LogP contribution in [-0.2, 0) is 28.6 Å². The van der Waals surface area contributed by atoms with Gasteiger partial charge in [0.05, 0.1) is 12.0 Å². The number of hydrogen-bond donors (Lipinski definition) is 1. The highest BCUT2D eigenvalue weighted by Gasteiger charge is 2.63. The Labute approximate surface area is 128 Å². The van der Waals surface area contributed by atoms with Crippen molar-refractivity contribution in [1.82, 2.24) is 0 Å². The van der Waals surface area contributed by atoms with E-state index in [4.69, 9.17) is 19.9 Å². The molecule has 2 N–H and O–H groups in total. The number of ether oxygens (including phenoxy) is 3. The van der Waals surface area contributed by atoms with Gasteiger partial charge in [-0.05, 0) is 19.8 Å². The Bertz CT molecular complexity index is 516. The summed E-state index contributed by atoms with van der Waals surface area (Å²) in [5.74, 6) is -1.31. The maximum atomic E-state index is 12.0. The SMILES string of the molecule is CCC(C)(N)C(=O)OCC(=O)CC1C2CC3C(=O)OC1C3O2. The Balaban J connectivity index is 1.51. The molecule has 3 rings (SSSR count). The summed E-state index contributed by atoms with van der Waals surface area (Å²) in [5, 5.41) is 0. The minimum Gasteiger partial charge on any atom is -0.459 e. The molecule has 0 aromatic heterocycles. The Morgan fingerprint density at radius 2 is 2.14 bits per heavy atom. The number of rotatable bonds is 6. The van der Waals surface area contributed by atoms with Crippen LogP contribution in [0.1, 0.15) is 33.1 Å². The fourth-order valence-electron chi connectivity index (χ4n) is 3.40. The summed E-state index contributed by atoms with van der Waals surface area (Å²) in [5.41, 5.74) is 4.68. The van der Waals surface area contributed by atoms with Gasteiger partial charge in [-0.2, -0.15) is 0 Å². The summed E-state index contributed by atoms with van der Waals surface area (Å²) in [4.78, 5) is 35.4. The normalized spacial score (nSPS) is 37.8. The van der Waals surface area contributed by atoms with Gasteiger partial charge >= 0.3 is 11.9 Å². The summed E-state index contributed by atoms with van der Waals surface area (Å²) in [6.07, 6.45) is 0.596. The monoisotopic (exact) mass is 311 g/mol. The third kappa shape index (κ3) is 2.42. The van der Waals surface area contributed by atoms with Crippen LogP contribution in [0.15, 0.2) is 0 Å².